The molecule has 12 nitrogen and oxygen atoms in total. The van der Waals surface area contributed by atoms with Crippen molar-refractivity contribution in [2.75, 3.05) is 49.8 Å². The highest BCUT2D eigenvalue weighted by Gasteiger charge is 2.40. The Kier molecular flexibility index (Phi) is 6.24. The van der Waals surface area contributed by atoms with Crippen LogP contribution in [0.5, 0.6) is 17.4 Å². The highest BCUT2D eigenvalue weighted by molar-refractivity contribution is 5.96. The van der Waals surface area contributed by atoms with Crippen LogP contribution in [0.4, 0.5) is 16.2 Å². The Balaban J connectivity index is 1.15. The van der Waals surface area contributed by atoms with E-state index in [1.54, 1.807) is 37.6 Å². The summed E-state index contributed by atoms with van der Waals surface area (Å²) in [6.45, 7) is 1.32. The number of aliphatic hydroxyl groups is 1. The van der Waals surface area contributed by atoms with Gasteiger partial charge in [-0.1, -0.05) is 0 Å². The molecule has 1 aromatic carbocycles. The fourth-order valence-electron chi connectivity index (χ4n) is 5.13. The summed E-state index contributed by atoms with van der Waals surface area (Å²) in [5.41, 5.74) is 2.71. The molecule has 2 aromatic heterocycles. The van der Waals surface area contributed by atoms with E-state index < -0.39 is 12.2 Å². The molecule has 2 fully saturated rings. The third-order valence-corrected chi connectivity index (χ3v) is 6.97. The molecule has 3 aliphatic rings. The van der Waals surface area contributed by atoms with E-state index in [2.05, 4.69) is 15.3 Å². The maximum Gasteiger partial charge on any atom is 0.415 e. The summed E-state index contributed by atoms with van der Waals surface area (Å²) in [6, 6.07) is 10.1. The smallest absolute Gasteiger partial charge is 0.415 e. The van der Waals surface area contributed by atoms with E-state index in [9.17, 15) is 14.7 Å². The number of carbonyl (C=O) groups is 2. The highest BCUT2D eigenvalue weighted by atomic mass is 16.6. The molecule has 0 bridgehead atoms. The van der Waals surface area contributed by atoms with Crippen LogP contribution in [0.1, 0.15) is 6.42 Å². The number of rotatable bonds is 6. The van der Waals surface area contributed by atoms with Gasteiger partial charge in [0.1, 0.15) is 18.7 Å². The minimum Gasteiger partial charge on any atom is -0.486 e. The van der Waals surface area contributed by atoms with Crippen molar-refractivity contribution in [1.82, 2.24) is 15.3 Å². The zero-order valence-corrected chi connectivity index (χ0v) is 20.7. The predicted octanol–water partition coefficient (Wildman–Crippen LogP) is 1.49. The minimum atomic E-state index is -0.968. The molecule has 0 radical (unpaired) electrons. The minimum absolute atomic E-state index is 0.0723. The van der Waals surface area contributed by atoms with Gasteiger partial charge in [0.2, 0.25) is 5.88 Å². The van der Waals surface area contributed by atoms with Gasteiger partial charge >= 0.3 is 6.09 Å². The zero-order valence-electron chi connectivity index (χ0n) is 20.7. The Bertz CT molecular complexity index is 1390. The number of fused-ring (bicyclic) bond motifs is 2. The van der Waals surface area contributed by atoms with Crippen molar-refractivity contribution in [1.29, 1.82) is 0 Å². The topological polar surface area (TPSA) is 136 Å². The van der Waals surface area contributed by atoms with Crippen molar-refractivity contribution in [3.8, 4) is 17.4 Å². The van der Waals surface area contributed by atoms with Crippen molar-refractivity contribution in [3.05, 3.63) is 42.6 Å². The first-order chi connectivity index (χ1) is 18.5. The number of cyclic esters (lactones) is 1. The van der Waals surface area contributed by atoms with Crippen molar-refractivity contribution >= 4 is 34.4 Å². The molecular formula is C26H27N5O7. The molecule has 38 heavy (non-hydrogen) atoms. The summed E-state index contributed by atoms with van der Waals surface area (Å²) in [5, 5.41) is 13.1. The summed E-state index contributed by atoms with van der Waals surface area (Å²) in [6.07, 6.45) is 0.635. The van der Waals surface area contributed by atoms with Crippen LogP contribution in [0.2, 0.25) is 0 Å². The summed E-state index contributed by atoms with van der Waals surface area (Å²) in [4.78, 5) is 38.1. The van der Waals surface area contributed by atoms with E-state index in [-0.39, 0.29) is 31.1 Å². The van der Waals surface area contributed by atoms with Gasteiger partial charge in [0, 0.05) is 30.9 Å². The normalized spacial score (nSPS) is 22.5. The number of carbonyl (C=O) groups excluding carboxylic acids is 2. The van der Waals surface area contributed by atoms with Crippen LogP contribution in [0, 0.1) is 0 Å². The van der Waals surface area contributed by atoms with Gasteiger partial charge in [-0.3, -0.25) is 14.7 Å². The first-order valence-corrected chi connectivity index (χ1v) is 12.4. The van der Waals surface area contributed by atoms with Gasteiger partial charge in [-0.25, -0.2) is 9.78 Å². The lowest BCUT2D eigenvalue weighted by Gasteiger charge is -2.26. The summed E-state index contributed by atoms with van der Waals surface area (Å²) in [7, 11) is 1.55. The van der Waals surface area contributed by atoms with Crippen LogP contribution in [-0.2, 0) is 9.53 Å². The van der Waals surface area contributed by atoms with Gasteiger partial charge in [-0.2, -0.15) is 0 Å². The molecule has 3 aromatic rings. The second-order valence-corrected chi connectivity index (χ2v) is 9.29. The standard InChI is InChI=1S/C26H27N5O7/c1-35-23-5-3-18-24(29-23)19(6-7-27-18)30-12-15(10-17(30)14-32)28-25(33)22-13-31(26(34)38-22)16-2-4-20-21(11-16)37-9-8-36-20/h2-7,11,15,17,22,32H,8-10,12-14H2,1H3,(H,28,33)/t15-,17?,22+/m1/s1. The van der Waals surface area contributed by atoms with E-state index in [4.69, 9.17) is 18.9 Å². The SMILES string of the molecule is COc1ccc2nccc(N3C[C@H](NC(=O)[C@@H]4CN(c5ccc6c(c5)OCCO6)C(=O)O4)CC3CO)c2n1. The maximum absolute atomic E-state index is 13.1. The van der Waals surface area contributed by atoms with E-state index >= 15 is 0 Å². The van der Waals surface area contributed by atoms with Crippen molar-refractivity contribution < 1.29 is 33.6 Å². The number of amides is 2. The van der Waals surface area contributed by atoms with Crippen molar-refractivity contribution in [3.63, 3.8) is 0 Å². The molecule has 2 saturated heterocycles. The Hall–Kier alpha value is -4.32. The van der Waals surface area contributed by atoms with Crippen LogP contribution < -0.4 is 29.3 Å². The number of methoxy groups -OCH3 is 1. The number of pyridine rings is 2. The summed E-state index contributed by atoms with van der Waals surface area (Å²) in [5.74, 6) is 1.23. The van der Waals surface area contributed by atoms with Crippen LogP contribution in [0.25, 0.3) is 11.0 Å². The fourth-order valence-corrected chi connectivity index (χ4v) is 5.13. The van der Waals surface area contributed by atoms with Crippen LogP contribution in [0.3, 0.4) is 0 Å². The molecule has 0 saturated carbocycles. The van der Waals surface area contributed by atoms with Crippen LogP contribution in [-0.4, -0.2) is 85.3 Å². The molecule has 3 atom stereocenters. The third-order valence-electron chi connectivity index (χ3n) is 6.97. The van der Waals surface area contributed by atoms with Crippen LogP contribution in [0.15, 0.2) is 42.6 Å². The fraction of sp³-hybridized carbons (Fsp3) is 0.385. The Morgan fingerprint density at radius 1 is 1.16 bits per heavy atom. The average molecular weight is 522 g/mol. The van der Waals surface area contributed by atoms with Gasteiger partial charge in [0.15, 0.2) is 17.6 Å². The molecule has 198 valence electrons. The Morgan fingerprint density at radius 3 is 2.82 bits per heavy atom. The number of anilines is 2. The third kappa shape index (κ3) is 4.36. The van der Waals surface area contributed by atoms with Crippen LogP contribution >= 0.6 is 0 Å². The van der Waals surface area contributed by atoms with Crippen molar-refractivity contribution in [2.24, 2.45) is 0 Å². The van der Waals surface area contributed by atoms with E-state index in [0.717, 1.165) is 5.69 Å². The number of ether oxygens (including phenoxy) is 4. The number of hydrogen-bond donors (Lipinski definition) is 2. The quantitative estimate of drug-likeness (QED) is 0.491. The lowest BCUT2D eigenvalue weighted by molar-refractivity contribution is -0.128. The Morgan fingerprint density at radius 2 is 2.00 bits per heavy atom. The summed E-state index contributed by atoms with van der Waals surface area (Å²) >= 11 is 0. The molecule has 0 spiro atoms. The van der Waals surface area contributed by atoms with Gasteiger partial charge in [0.05, 0.1) is 43.2 Å². The molecular weight excluding hydrogens is 494 g/mol. The molecule has 2 N–H and O–H groups in total. The summed E-state index contributed by atoms with van der Waals surface area (Å²) < 4.78 is 21.8. The Labute approximate surface area is 218 Å². The molecule has 6 rings (SSSR count). The first-order valence-electron chi connectivity index (χ1n) is 12.4. The first kappa shape index (κ1) is 24.0. The number of aliphatic hydroxyl groups excluding tert-OH is 1. The lowest BCUT2D eigenvalue weighted by atomic mass is 10.1. The maximum atomic E-state index is 13.1. The van der Waals surface area contributed by atoms with Gasteiger partial charge in [-0.05, 0) is 30.7 Å². The number of aromatic nitrogens is 2. The molecule has 3 aliphatic heterocycles. The molecule has 1 unspecified atom stereocenters. The van der Waals surface area contributed by atoms with Gasteiger partial charge < -0.3 is 34.3 Å². The second kappa shape index (κ2) is 9.86. The number of hydrogen-bond acceptors (Lipinski definition) is 10. The number of nitrogens with one attached hydrogen (secondary N) is 1. The number of nitrogens with zero attached hydrogens (tertiary/aromatic N) is 4. The second-order valence-electron chi connectivity index (χ2n) is 9.29. The molecule has 12 heteroatoms. The molecule has 5 heterocycles. The van der Waals surface area contributed by atoms with Gasteiger partial charge in [-0.15, -0.1) is 0 Å². The zero-order chi connectivity index (χ0) is 26.2. The van der Waals surface area contributed by atoms with E-state index in [1.807, 2.05) is 17.0 Å². The number of benzene rings is 1. The monoisotopic (exact) mass is 521 g/mol. The lowest BCUT2D eigenvalue weighted by Crippen LogP contribution is -2.44. The van der Waals surface area contributed by atoms with E-state index in [1.165, 1.54) is 4.90 Å². The van der Waals surface area contributed by atoms with E-state index in [0.29, 0.717) is 60.3 Å². The van der Waals surface area contributed by atoms with Crippen molar-refractivity contribution in [2.45, 2.75) is 24.6 Å². The van der Waals surface area contributed by atoms with Gasteiger partial charge in [0.25, 0.3) is 5.91 Å². The molecule has 0 aliphatic carbocycles. The molecule has 2 amide bonds. The largest absolute Gasteiger partial charge is 0.486 e. The highest BCUT2D eigenvalue weighted by Crippen LogP contribution is 2.36. The predicted molar refractivity (Wildman–Crippen MR) is 136 cm³/mol. The average Bonchev–Trinajstić information content (AvgIpc) is 3.55.